The van der Waals surface area contributed by atoms with Crippen molar-refractivity contribution in [2.45, 2.75) is 50.0 Å². The van der Waals surface area contributed by atoms with E-state index in [4.69, 9.17) is 25.8 Å². The molecule has 3 rings (SSSR count). The van der Waals surface area contributed by atoms with Gasteiger partial charge in [0.05, 0.1) is 38.6 Å². The van der Waals surface area contributed by atoms with Crippen LogP contribution in [0.1, 0.15) is 37.7 Å². The van der Waals surface area contributed by atoms with E-state index in [1.54, 1.807) is 24.3 Å². The van der Waals surface area contributed by atoms with Crippen LogP contribution in [0.2, 0.25) is 5.02 Å². The van der Waals surface area contributed by atoms with Crippen LogP contribution in [-0.4, -0.2) is 52.5 Å². The van der Waals surface area contributed by atoms with Gasteiger partial charge in [-0.3, -0.25) is 4.79 Å². The van der Waals surface area contributed by atoms with E-state index in [-0.39, 0.29) is 23.2 Å². The molecule has 2 aromatic rings. The molecular formula is C24H31ClN2O6S. The number of amides is 1. The molecule has 0 atom stereocenters. The van der Waals surface area contributed by atoms with Crippen LogP contribution in [-0.2, 0) is 14.8 Å². The minimum atomic E-state index is -4.02. The van der Waals surface area contributed by atoms with E-state index in [1.165, 1.54) is 31.7 Å². The van der Waals surface area contributed by atoms with Crippen LogP contribution in [0.4, 0.5) is 5.69 Å². The standard InChI is InChI=1S/C24H31ClN2O6S/c1-16-10-11-20(31-2)23(12-16)34(29,30)27(17-8-6-5-7-9-17)15-24(28)26-19-14-21(32-3)18(25)13-22(19)33-4/h10-14,17H,5-9,15H2,1-4H3,(H,26,28). The second-order valence-corrected chi connectivity index (χ2v) is 10.5. The molecule has 0 unspecified atom stereocenters. The summed E-state index contributed by atoms with van der Waals surface area (Å²) in [6.07, 6.45) is 4.25. The zero-order chi connectivity index (χ0) is 24.9. The molecule has 34 heavy (non-hydrogen) atoms. The van der Waals surface area contributed by atoms with E-state index in [0.29, 0.717) is 35.1 Å². The van der Waals surface area contributed by atoms with E-state index in [0.717, 1.165) is 24.8 Å². The lowest BCUT2D eigenvalue weighted by atomic mass is 9.95. The summed E-state index contributed by atoms with van der Waals surface area (Å²) in [6.45, 7) is 1.47. The second-order valence-electron chi connectivity index (χ2n) is 8.23. The Morgan fingerprint density at radius 2 is 1.65 bits per heavy atom. The molecule has 0 spiro atoms. The molecule has 1 N–H and O–H groups in total. The van der Waals surface area contributed by atoms with Crippen LogP contribution in [0.15, 0.2) is 35.2 Å². The molecule has 186 valence electrons. The predicted molar refractivity (Wildman–Crippen MR) is 132 cm³/mol. The largest absolute Gasteiger partial charge is 0.495 e. The van der Waals surface area contributed by atoms with E-state index in [9.17, 15) is 13.2 Å². The highest BCUT2D eigenvalue weighted by Gasteiger charge is 2.36. The maximum atomic E-state index is 13.8. The molecule has 1 aliphatic carbocycles. The molecular weight excluding hydrogens is 480 g/mol. The molecule has 0 aliphatic heterocycles. The molecule has 2 aromatic carbocycles. The van der Waals surface area contributed by atoms with Gasteiger partial charge in [-0.05, 0) is 37.5 Å². The van der Waals surface area contributed by atoms with E-state index < -0.39 is 15.9 Å². The maximum absolute atomic E-state index is 13.8. The number of nitrogens with zero attached hydrogens (tertiary/aromatic N) is 1. The number of hydrogen-bond donors (Lipinski definition) is 1. The number of methoxy groups -OCH3 is 3. The van der Waals surface area contributed by atoms with Crippen LogP contribution < -0.4 is 19.5 Å². The lowest BCUT2D eigenvalue weighted by molar-refractivity contribution is -0.116. The van der Waals surface area contributed by atoms with Crippen molar-refractivity contribution in [1.29, 1.82) is 0 Å². The third-order valence-electron chi connectivity index (χ3n) is 5.94. The molecule has 1 fully saturated rings. The minimum Gasteiger partial charge on any atom is -0.495 e. The first-order valence-corrected chi connectivity index (χ1v) is 12.9. The summed E-state index contributed by atoms with van der Waals surface area (Å²) in [5, 5.41) is 3.09. The topological polar surface area (TPSA) is 94.2 Å². The van der Waals surface area contributed by atoms with Crippen molar-refractivity contribution in [2.75, 3.05) is 33.2 Å². The lowest BCUT2D eigenvalue weighted by Gasteiger charge is -2.33. The number of sulfonamides is 1. The number of carbonyl (C=O) groups excluding carboxylic acids is 1. The minimum absolute atomic E-state index is 0.0547. The van der Waals surface area contributed by atoms with Crippen molar-refractivity contribution in [3.63, 3.8) is 0 Å². The SMILES string of the molecule is COc1cc(NC(=O)CN(C2CCCCC2)S(=O)(=O)c2cc(C)ccc2OC)c(OC)cc1Cl. The summed E-state index contributed by atoms with van der Waals surface area (Å²) >= 11 is 6.15. The number of aryl methyl sites for hydroxylation is 1. The molecule has 10 heteroatoms. The Kier molecular flexibility index (Phi) is 8.67. The predicted octanol–water partition coefficient (Wildman–Crippen LogP) is 4.64. The fourth-order valence-corrected chi connectivity index (χ4v) is 6.30. The van der Waals surface area contributed by atoms with E-state index in [2.05, 4.69) is 5.32 Å². The number of nitrogens with one attached hydrogen (secondary N) is 1. The molecule has 1 saturated carbocycles. The van der Waals surface area contributed by atoms with Gasteiger partial charge in [0.25, 0.3) is 0 Å². The average Bonchev–Trinajstić information content (AvgIpc) is 2.83. The average molecular weight is 511 g/mol. The van der Waals surface area contributed by atoms with Gasteiger partial charge in [0.1, 0.15) is 22.1 Å². The third kappa shape index (κ3) is 5.76. The van der Waals surface area contributed by atoms with Gasteiger partial charge in [-0.2, -0.15) is 4.31 Å². The lowest BCUT2D eigenvalue weighted by Crippen LogP contribution is -2.45. The van der Waals surface area contributed by atoms with Crippen LogP contribution in [0.25, 0.3) is 0 Å². The van der Waals surface area contributed by atoms with Gasteiger partial charge in [-0.25, -0.2) is 8.42 Å². The maximum Gasteiger partial charge on any atom is 0.247 e. The molecule has 1 aliphatic rings. The summed E-state index contributed by atoms with van der Waals surface area (Å²) in [7, 11) is 0.333. The Balaban J connectivity index is 1.95. The Morgan fingerprint density at radius 1 is 1.00 bits per heavy atom. The highest BCUT2D eigenvalue weighted by Crippen LogP contribution is 2.36. The van der Waals surface area contributed by atoms with Crippen molar-refractivity contribution in [1.82, 2.24) is 4.31 Å². The number of rotatable bonds is 9. The van der Waals surface area contributed by atoms with E-state index >= 15 is 0 Å². The zero-order valence-corrected chi connectivity index (χ0v) is 21.5. The smallest absolute Gasteiger partial charge is 0.247 e. The van der Waals surface area contributed by atoms with Gasteiger partial charge in [-0.15, -0.1) is 0 Å². The summed E-state index contributed by atoms with van der Waals surface area (Å²) in [5.74, 6) is 0.449. The number of hydrogen-bond acceptors (Lipinski definition) is 6. The monoisotopic (exact) mass is 510 g/mol. The molecule has 0 bridgehead atoms. The van der Waals surface area contributed by atoms with E-state index in [1.807, 2.05) is 6.92 Å². The Morgan fingerprint density at radius 3 is 2.26 bits per heavy atom. The van der Waals surface area contributed by atoms with Gasteiger partial charge >= 0.3 is 0 Å². The van der Waals surface area contributed by atoms with Gasteiger partial charge in [0, 0.05) is 18.2 Å². The quantitative estimate of drug-likeness (QED) is 0.528. The van der Waals surface area contributed by atoms with Crippen molar-refractivity contribution in [3.05, 3.63) is 40.9 Å². The molecule has 8 nitrogen and oxygen atoms in total. The number of ether oxygens (including phenoxy) is 3. The van der Waals surface area contributed by atoms with Crippen LogP contribution >= 0.6 is 11.6 Å². The van der Waals surface area contributed by atoms with Gasteiger partial charge < -0.3 is 19.5 Å². The first-order valence-electron chi connectivity index (χ1n) is 11.1. The summed E-state index contributed by atoms with van der Waals surface area (Å²) in [6, 6.07) is 7.79. The summed E-state index contributed by atoms with van der Waals surface area (Å²) < 4.78 is 44.9. The second kappa shape index (κ2) is 11.3. The molecule has 0 aromatic heterocycles. The Bertz CT molecular complexity index is 1130. The van der Waals surface area contributed by atoms with Crippen LogP contribution in [0.3, 0.4) is 0 Å². The Labute approximate surface area is 206 Å². The number of anilines is 1. The number of carbonyl (C=O) groups is 1. The Hall–Kier alpha value is -2.49. The summed E-state index contributed by atoms with van der Waals surface area (Å²) in [5.41, 5.74) is 1.12. The highest BCUT2D eigenvalue weighted by molar-refractivity contribution is 7.89. The first kappa shape index (κ1) is 26.1. The van der Waals surface area contributed by atoms with Gasteiger partial charge in [0.2, 0.25) is 15.9 Å². The summed E-state index contributed by atoms with van der Waals surface area (Å²) in [4.78, 5) is 13.2. The highest BCUT2D eigenvalue weighted by atomic mass is 35.5. The molecule has 0 saturated heterocycles. The van der Waals surface area contributed by atoms with Crippen molar-refractivity contribution < 1.29 is 27.4 Å². The number of benzene rings is 2. The first-order chi connectivity index (χ1) is 16.2. The third-order valence-corrected chi connectivity index (χ3v) is 8.15. The molecule has 1 amide bonds. The van der Waals surface area contributed by atoms with Gasteiger partial charge in [0.15, 0.2) is 0 Å². The van der Waals surface area contributed by atoms with Crippen LogP contribution in [0, 0.1) is 6.92 Å². The van der Waals surface area contributed by atoms with Crippen molar-refractivity contribution in [3.8, 4) is 17.2 Å². The fraction of sp³-hybridized carbons (Fsp3) is 0.458. The molecule has 0 radical (unpaired) electrons. The normalized spacial score (nSPS) is 14.6. The van der Waals surface area contributed by atoms with Crippen molar-refractivity contribution in [2.24, 2.45) is 0 Å². The molecule has 0 heterocycles. The fourth-order valence-electron chi connectivity index (χ4n) is 4.18. The zero-order valence-electron chi connectivity index (χ0n) is 19.9. The van der Waals surface area contributed by atoms with Crippen molar-refractivity contribution >= 4 is 33.2 Å². The number of halogens is 1. The van der Waals surface area contributed by atoms with Gasteiger partial charge in [-0.1, -0.05) is 36.9 Å². The van der Waals surface area contributed by atoms with Crippen LogP contribution in [0.5, 0.6) is 17.2 Å².